The van der Waals surface area contributed by atoms with Gasteiger partial charge in [0.25, 0.3) is 0 Å². The first-order valence-electron chi connectivity index (χ1n) is 13.6. The normalized spacial score (nSPS) is 18.9. The van der Waals surface area contributed by atoms with Crippen LogP contribution in [0.3, 0.4) is 0 Å². The molecule has 40 heavy (non-hydrogen) atoms. The Bertz CT molecular complexity index is 1360. The predicted molar refractivity (Wildman–Crippen MR) is 169 cm³/mol. The SMILES string of the molecule is CC(C)(C)[Si](C)(C)N1C(=O)C(C(O)c2ccc(Br)o2)C1SC(c1ccccc1)(c1ccccc1)c1ccccc1. The summed E-state index contributed by atoms with van der Waals surface area (Å²) >= 11 is 5.12. The Balaban J connectivity index is 1.72. The van der Waals surface area contributed by atoms with Crippen LogP contribution in [0.5, 0.6) is 0 Å². The Labute approximate surface area is 251 Å². The topological polar surface area (TPSA) is 53.7 Å². The zero-order valence-corrected chi connectivity index (χ0v) is 26.9. The standard InChI is InChI=1S/C33H36BrNO3SSi/c1-32(2,3)40(4,5)35-30(37)28(29(36)26-21-22-27(34)38-26)31(35)39-33(23-15-9-6-10-16-23,24-17-11-7-12-18-24)25-19-13-8-14-20-25/h6-22,28-29,31,36H,1-5H3. The van der Waals surface area contributed by atoms with E-state index in [2.05, 4.69) is 127 Å². The molecule has 5 rings (SSSR count). The number of rotatable bonds is 8. The first-order chi connectivity index (χ1) is 19.0. The van der Waals surface area contributed by atoms with Crippen molar-refractivity contribution in [1.82, 2.24) is 4.57 Å². The van der Waals surface area contributed by atoms with E-state index in [1.54, 1.807) is 23.9 Å². The fourth-order valence-electron chi connectivity index (χ4n) is 5.43. The summed E-state index contributed by atoms with van der Waals surface area (Å²) in [7, 11) is -2.32. The maximum absolute atomic E-state index is 14.1. The number of carbonyl (C=O) groups is 1. The lowest BCUT2D eigenvalue weighted by molar-refractivity contribution is -0.151. The van der Waals surface area contributed by atoms with Crippen molar-refractivity contribution in [3.05, 3.63) is 130 Å². The Hall–Kier alpha value is -2.58. The number of nitrogens with zero attached hydrogens (tertiary/aromatic N) is 1. The van der Waals surface area contributed by atoms with Crippen molar-refractivity contribution in [2.45, 2.75) is 55.1 Å². The van der Waals surface area contributed by atoms with Gasteiger partial charge >= 0.3 is 0 Å². The second-order valence-corrected chi connectivity index (χ2v) is 19.1. The molecule has 1 fully saturated rings. The lowest BCUT2D eigenvalue weighted by Crippen LogP contribution is -2.73. The highest BCUT2D eigenvalue weighted by Crippen LogP contribution is 2.58. The van der Waals surface area contributed by atoms with Gasteiger partial charge in [-0.05, 0) is 49.8 Å². The third kappa shape index (κ3) is 4.91. The smallest absolute Gasteiger partial charge is 0.224 e. The minimum absolute atomic E-state index is 0.00722. The maximum atomic E-state index is 14.1. The summed E-state index contributed by atoms with van der Waals surface area (Å²) in [5.41, 5.74) is 3.38. The molecule has 0 aliphatic carbocycles. The van der Waals surface area contributed by atoms with Gasteiger partial charge in [0.05, 0.1) is 16.0 Å². The fourth-order valence-corrected chi connectivity index (χ4v) is 10.7. The second kappa shape index (κ2) is 11.0. The maximum Gasteiger partial charge on any atom is 0.224 e. The van der Waals surface area contributed by atoms with E-state index in [-0.39, 0.29) is 16.3 Å². The molecule has 4 aromatic rings. The molecule has 1 aliphatic heterocycles. The molecule has 0 spiro atoms. The van der Waals surface area contributed by atoms with Gasteiger partial charge in [-0.1, -0.05) is 125 Å². The van der Waals surface area contributed by atoms with Crippen LogP contribution >= 0.6 is 27.7 Å². The van der Waals surface area contributed by atoms with E-state index >= 15 is 0 Å². The number of hydrogen-bond acceptors (Lipinski definition) is 4. The van der Waals surface area contributed by atoms with Gasteiger partial charge in [-0.25, -0.2) is 0 Å². The van der Waals surface area contributed by atoms with E-state index in [9.17, 15) is 9.90 Å². The van der Waals surface area contributed by atoms with Gasteiger partial charge in [0.2, 0.25) is 5.91 Å². The summed E-state index contributed by atoms with van der Waals surface area (Å²) in [6.45, 7) is 11.2. The average Bonchev–Trinajstić information content (AvgIpc) is 3.38. The van der Waals surface area contributed by atoms with Crippen molar-refractivity contribution in [2.75, 3.05) is 0 Å². The van der Waals surface area contributed by atoms with Gasteiger partial charge in [-0.2, -0.15) is 0 Å². The van der Waals surface area contributed by atoms with Crippen molar-refractivity contribution >= 4 is 41.8 Å². The molecule has 3 aromatic carbocycles. The van der Waals surface area contributed by atoms with E-state index < -0.39 is 25.0 Å². The fraction of sp³-hybridized carbons (Fsp3) is 0.303. The first-order valence-corrected chi connectivity index (χ1v) is 18.2. The lowest BCUT2D eigenvalue weighted by atomic mass is 9.84. The summed E-state index contributed by atoms with van der Waals surface area (Å²) in [5.74, 6) is -0.254. The second-order valence-electron chi connectivity index (χ2n) is 11.9. The number of hydrogen-bond donors (Lipinski definition) is 1. The molecule has 1 saturated heterocycles. The summed E-state index contributed by atoms with van der Waals surface area (Å²) in [6.07, 6.45) is -1.06. The van der Waals surface area contributed by atoms with Gasteiger partial charge < -0.3 is 14.1 Å². The number of halogens is 1. The molecule has 0 saturated carbocycles. The molecular weight excluding hydrogens is 598 g/mol. The Morgan fingerprint density at radius 3 is 1.65 bits per heavy atom. The van der Waals surface area contributed by atoms with Crippen LogP contribution in [-0.4, -0.2) is 29.2 Å². The third-order valence-corrected chi connectivity index (χ3v) is 16.4. The highest BCUT2D eigenvalue weighted by Gasteiger charge is 2.62. The molecule has 2 heterocycles. The molecule has 1 amide bonds. The van der Waals surface area contributed by atoms with Gasteiger partial charge in [0.1, 0.15) is 11.9 Å². The van der Waals surface area contributed by atoms with Crippen LogP contribution in [-0.2, 0) is 9.54 Å². The van der Waals surface area contributed by atoms with E-state index in [1.165, 1.54) is 0 Å². The molecule has 7 heteroatoms. The number of furan rings is 1. The van der Waals surface area contributed by atoms with Gasteiger partial charge in [-0.3, -0.25) is 4.79 Å². The van der Waals surface area contributed by atoms with Crippen LogP contribution in [0.1, 0.15) is 49.3 Å². The summed E-state index contributed by atoms with van der Waals surface area (Å²) in [5, 5.41) is 11.3. The number of aliphatic hydroxyl groups is 1. The monoisotopic (exact) mass is 633 g/mol. The molecule has 1 N–H and O–H groups in total. The van der Waals surface area contributed by atoms with Crippen molar-refractivity contribution in [2.24, 2.45) is 5.92 Å². The number of aliphatic hydroxyl groups excluding tert-OH is 1. The molecule has 3 unspecified atom stereocenters. The molecule has 1 aromatic heterocycles. The highest BCUT2D eigenvalue weighted by atomic mass is 79.9. The number of benzene rings is 3. The van der Waals surface area contributed by atoms with Gasteiger partial charge in [0.15, 0.2) is 12.9 Å². The van der Waals surface area contributed by atoms with Crippen molar-refractivity contribution in [3.8, 4) is 0 Å². The van der Waals surface area contributed by atoms with Crippen LogP contribution in [0.15, 0.2) is 112 Å². The quantitative estimate of drug-likeness (QED) is 0.120. The molecule has 0 radical (unpaired) electrons. The number of amides is 1. The summed E-state index contributed by atoms with van der Waals surface area (Å²) in [6, 6.07) is 35.0. The lowest BCUT2D eigenvalue weighted by Gasteiger charge is -2.60. The zero-order valence-electron chi connectivity index (χ0n) is 23.5. The van der Waals surface area contributed by atoms with Gasteiger partial charge in [-0.15, -0.1) is 11.8 Å². The van der Waals surface area contributed by atoms with Crippen molar-refractivity contribution in [3.63, 3.8) is 0 Å². The van der Waals surface area contributed by atoms with E-state index in [1.807, 2.05) is 18.2 Å². The Morgan fingerprint density at radius 2 is 1.27 bits per heavy atom. The van der Waals surface area contributed by atoms with E-state index in [4.69, 9.17) is 4.42 Å². The third-order valence-electron chi connectivity index (χ3n) is 8.59. The van der Waals surface area contributed by atoms with Crippen molar-refractivity contribution < 1.29 is 14.3 Å². The Kier molecular flexibility index (Phi) is 7.96. The van der Waals surface area contributed by atoms with Crippen LogP contribution in [0.25, 0.3) is 0 Å². The molecule has 208 valence electrons. The van der Waals surface area contributed by atoms with Gasteiger partial charge in [0, 0.05) is 0 Å². The largest absolute Gasteiger partial charge is 0.452 e. The predicted octanol–water partition coefficient (Wildman–Crippen LogP) is 8.59. The minimum atomic E-state index is -2.32. The molecule has 1 aliphatic rings. The molecule has 4 nitrogen and oxygen atoms in total. The Morgan fingerprint density at radius 1 is 0.825 bits per heavy atom. The van der Waals surface area contributed by atoms with Crippen LogP contribution in [0, 0.1) is 5.92 Å². The molecule has 3 atom stereocenters. The number of thioether (sulfide) groups is 1. The summed E-state index contributed by atoms with van der Waals surface area (Å²) < 4.78 is 7.81. The van der Waals surface area contributed by atoms with Crippen LogP contribution in [0.2, 0.25) is 18.1 Å². The van der Waals surface area contributed by atoms with Crippen LogP contribution in [0.4, 0.5) is 0 Å². The van der Waals surface area contributed by atoms with E-state index in [0.29, 0.717) is 10.4 Å². The highest BCUT2D eigenvalue weighted by molar-refractivity contribution is 9.10. The average molecular weight is 635 g/mol. The minimum Gasteiger partial charge on any atom is -0.452 e. The zero-order chi connectivity index (χ0) is 28.7. The first kappa shape index (κ1) is 28.9. The molecular formula is C33H36BrNO3SSi. The number of carbonyl (C=O) groups excluding carboxylic acids is 1. The number of β-lactam (4-membered cyclic amide) rings is 1. The molecule has 0 bridgehead atoms. The van der Waals surface area contributed by atoms with Crippen molar-refractivity contribution in [1.29, 1.82) is 0 Å². The van der Waals surface area contributed by atoms with E-state index in [0.717, 1.165) is 16.7 Å². The van der Waals surface area contributed by atoms with Crippen LogP contribution < -0.4 is 0 Å². The summed E-state index contributed by atoms with van der Waals surface area (Å²) in [4.78, 5) is 14.1.